The van der Waals surface area contributed by atoms with E-state index in [-0.39, 0.29) is 0 Å². The summed E-state index contributed by atoms with van der Waals surface area (Å²) in [4.78, 5) is 7.87. The van der Waals surface area contributed by atoms with Crippen LogP contribution in [0.2, 0.25) is 0 Å². The smallest absolute Gasteiger partial charge is 0.0890 e. The lowest BCUT2D eigenvalue weighted by atomic mass is 10.3. The number of nitrogens with zero attached hydrogens (tertiary/aromatic N) is 2. The molecule has 1 rings (SSSR count). The van der Waals surface area contributed by atoms with Gasteiger partial charge < -0.3 is 11.5 Å². The SMILES string of the molecule is NC=CC=Nc1ccncc1N. The van der Waals surface area contributed by atoms with Crippen LogP contribution in [0.5, 0.6) is 0 Å². The largest absolute Gasteiger partial charge is 0.405 e. The number of nitrogens with two attached hydrogens (primary N) is 2. The minimum Gasteiger partial charge on any atom is -0.405 e. The highest BCUT2D eigenvalue weighted by Crippen LogP contribution is 2.17. The molecule has 1 aromatic heterocycles. The van der Waals surface area contributed by atoms with Crippen LogP contribution in [0.4, 0.5) is 11.4 Å². The maximum atomic E-state index is 5.57. The summed E-state index contributed by atoms with van der Waals surface area (Å²) in [5.41, 5.74) is 11.9. The van der Waals surface area contributed by atoms with E-state index in [9.17, 15) is 0 Å². The van der Waals surface area contributed by atoms with E-state index in [1.165, 1.54) is 6.20 Å². The second kappa shape index (κ2) is 4.12. The Balaban J connectivity index is 2.82. The molecule has 0 aromatic carbocycles. The predicted molar refractivity (Wildman–Crippen MR) is 50.1 cm³/mol. The van der Waals surface area contributed by atoms with Gasteiger partial charge in [-0.2, -0.15) is 0 Å². The van der Waals surface area contributed by atoms with Crippen LogP contribution in [0.15, 0.2) is 35.7 Å². The van der Waals surface area contributed by atoms with Gasteiger partial charge in [0.1, 0.15) is 0 Å². The van der Waals surface area contributed by atoms with Gasteiger partial charge in [-0.05, 0) is 18.3 Å². The van der Waals surface area contributed by atoms with Gasteiger partial charge in [-0.3, -0.25) is 9.98 Å². The summed E-state index contributed by atoms with van der Waals surface area (Å²) in [7, 11) is 0. The molecule has 4 N–H and O–H groups in total. The van der Waals surface area contributed by atoms with Gasteiger partial charge in [0.15, 0.2) is 0 Å². The Labute approximate surface area is 70.6 Å². The van der Waals surface area contributed by atoms with E-state index in [1.54, 1.807) is 30.8 Å². The molecule has 0 spiro atoms. The minimum atomic E-state index is 0.555. The average Bonchev–Trinajstić information content (AvgIpc) is 2.09. The highest BCUT2D eigenvalue weighted by atomic mass is 14.8. The van der Waals surface area contributed by atoms with Crippen molar-refractivity contribution in [3.05, 3.63) is 30.7 Å². The zero-order chi connectivity index (χ0) is 8.81. The second-order valence-corrected chi connectivity index (χ2v) is 2.10. The molecule has 0 atom stereocenters. The van der Waals surface area contributed by atoms with Crippen LogP contribution >= 0.6 is 0 Å². The first kappa shape index (κ1) is 8.26. The average molecular weight is 162 g/mol. The molecule has 12 heavy (non-hydrogen) atoms. The van der Waals surface area contributed by atoms with Gasteiger partial charge in [0, 0.05) is 12.4 Å². The van der Waals surface area contributed by atoms with E-state index in [4.69, 9.17) is 11.5 Å². The minimum absolute atomic E-state index is 0.555. The molecule has 0 aliphatic carbocycles. The molecule has 0 saturated carbocycles. The van der Waals surface area contributed by atoms with Gasteiger partial charge in [0.2, 0.25) is 0 Å². The van der Waals surface area contributed by atoms with Crippen LogP contribution in [0.1, 0.15) is 0 Å². The van der Waals surface area contributed by atoms with Crippen molar-refractivity contribution in [1.82, 2.24) is 4.98 Å². The number of hydrogen-bond donors (Lipinski definition) is 2. The molecule has 0 amide bonds. The van der Waals surface area contributed by atoms with Crippen LogP contribution < -0.4 is 11.5 Å². The van der Waals surface area contributed by atoms with Crippen LogP contribution in [0, 0.1) is 0 Å². The molecule has 62 valence electrons. The van der Waals surface area contributed by atoms with E-state index in [0.717, 1.165) is 0 Å². The Kier molecular flexibility index (Phi) is 2.84. The van der Waals surface area contributed by atoms with Crippen molar-refractivity contribution >= 4 is 17.6 Å². The van der Waals surface area contributed by atoms with Gasteiger partial charge >= 0.3 is 0 Å². The molecule has 4 heteroatoms. The van der Waals surface area contributed by atoms with Gasteiger partial charge in [-0.15, -0.1) is 0 Å². The Morgan fingerprint density at radius 3 is 3.00 bits per heavy atom. The number of allylic oxidation sites excluding steroid dienone is 1. The number of aromatic nitrogens is 1. The third kappa shape index (κ3) is 2.09. The number of anilines is 1. The van der Waals surface area contributed by atoms with Gasteiger partial charge in [0.25, 0.3) is 0 Å². The van der Waals surface area contributed by atoms with E-state index < -0.39 is 0 Å². The normalized spacial score (nSPS) is 11.3. The Morgan fingerprint density at radius 1 is 1.50 bits per heavy atom. The maximum Gasteiger partial charge on any atom is 0.0890 e. The van der Waals surface area contributed by atoms with Crippen molar-refractivity contribution in [3.63, 3.8) is 0 Å². The first-order valence-electron chi connectivity index (χ1n) is 3.45. The zero-order valence-electron chi connectivity index (χ0n) is 6.51. The van der Waals surface area contributed by atoms with Crippen molar-refractivity contribution in [3.8, 4) is 0 Å². The van der Waals surface area contributed by atoms with E-state index in [1.807, 2.05) is 0 Å². The fourth-order valence-corrected chi connectivity index (χ4v) is 0.690. The van der Waals surface area contributed by atoms with Gasteiger partial charge in [0.05, 0.1) is 17.6 Å². The third-order valence-electron chi connectivity index (χ3n) is 1.24. The van der Waals surface area contributed by atoms with Crippen molar-refractivity contribution in [2.45, 2.75) is 0 Å². The number of aliphatic imine (C=N–C) groups is 1. The lowest BCUT2D eigenvalue weighted by Crippen LogP contribution is -1.86. The molecule has 0 aliphatic rings. The summed E-state index contributed by atoms with van der Waals surface area (Å²) in [5.74, 6) is 0. The van der Waals surface area contributed by atoms with Crippen molar-refractivity contribution in [1.29, 1.82) is 0 Å². The quantitative estimate of drug-likeness (QED) is 0.632. The molecule has 1 aromatic rings. The Hall–Kier alpha value is -1.84. The molecule has 0 unspecified atom stereocenters. The van der Waals surface area contributed by atoms with Crippen molar-refractivity contribution < 1.29 is 0 Å². The predicted octanol–water partition coefficient (Wildman–Crippen LogP) is 0.839. The van der Waals surface area contributed by atoms with Crippen LogP contribution in [-0.4, -0.2) is 11.2 Å². The lowest BCUT2D eigenvalue weighted by molar-refractivity contribution is 1.32. The summed E-state index contributed by atoms with van der Waals surface area (Å²) in [5, 5.41) is 0. The molecular formula is C8H10N4. The van der Waals surface area contributed by atoms with Crippen molar-refractivity contribution in [2.75, 3.05) is 5.73 Å². The molecule has 1 heterocycles. The summed E-state index contributed by atoms with van der Waals surface area (Å²) in [6.07, 6.45) is 7.79. The fourth-order valence-electron chi connectivity index (χ4n) is 0.690. The van der Waals surface area contributed by atoms with Gasteiger partial charge in [-0.1, -0.05) is 0 Å². The van der Waals surface area contributed by atoms with E-state index >= 15 is 0 Å². The highest BCUT2D eigenvalue weighted by molar-refractivity contribution is 5.77. The topological polar surface area (TPSA) is 77.3 Å². The first-order chi connectivity index (χ1) is 5.84. The zero-order valence-corrected chi connectivity index (χ0v) is 6.51. The van der Waals surface area contributed by atoms with E-state index in [2.05, 4.69) is 9.98 Å². The second-order valence-electron chi connectivity index (χ2n) is 2.10. The summed E-state index contributed by atoms with van der Waals surface area (Å²) in [6.45, 7) is 0. The summed E-state index contributed by atoms with van der Waals surface area (Å²) < 4.78 is 0. The molecule has 0 fully saturated rings. The molecule has 0 bridgehead atoms. The van der Waals surface area contributed by atoms with E-state index in [0.29, 0.717) is 11.4 Å². The highest BCUT2D eigenvalue weighted by Gasteiger charge is 1.91. The maximum absolute atomic E-state index is 5.57. The molecule has 0 radical (unpaired) electrons. The lowest BCUT2D eigenvalue weighted by Gasteiger charge is -1.95. The molecule has 0 saturated heterocycles. The fraction of sp³-hybridized carbons (Fsp3) is 0. The molecule has 0 aliphatic heterocycles. The van der Waals surface area contributed by atoms with Crippen LogP contribution in [0.25, 0.3) is 0 Å². The van der Waals surface area contributed by atoms with Gasteiger partial charge in [-0.25, -0.2) is 0 Å². The Bertz CT molecular complexity index is 304. The third-order valence-corrected chi connectivity index (χ3v) is 1.24. The first-order valence-corrected chi connectivity index (χ1v) is 3.45. The number of hydrogen-bond acceptors (Lipinski definition) is 4. The monoisotopic (exact) mass is 162 g/mol. The number of nitrogen functional groups attached to an aromatic ring is 1. The molecule has 4 nitrogen and oxygen atoms in total. The summed E-state index contributed by atoms with van der Waals surface area (Å²) >= 11 is 0. The Morgan fingerprint density at radius 2 is 2.33 bits per heavy atom. The number of rotatable bonds is 2. The van der Waals surface area contributed by atoms with Crippen LogP contribution in [-0.2, 0) is 0 Å². The summed E-state index contributed by atoms with van der Waals surface area (Å²) in [6, 6.07) is 1.73. The number of pyridine rings is 1. The standard InChI is InChI=1S/C8H10N4/c9-3-1-4-12-8-2-5-11-6-7(8)10/h1-6H,9-10H2. The molecular weight excluding hydrogens is 152 g/mol. The van der Waals surface area contributed by atoms with Crippen LogP contribution in [0.3, 0.4) is 0 Å². The van der Waals surface area contributed by atoms with Crippen molar-refractivity contribution in [2.24, 2.45) is 10.7 Å².